The molecule has 1 N–H and O–H groups in total. The van der Waals surface area contributed by atoms with Crippen LogP contribution in [0.4, 0.5) is 5.69 Å². The van der Waals surface area contributed by atoms with Gasteiger partial charge in [-0.1, -0.05) is 36.7 Å². The molecule has 0 saturated heterocycles. The number of hydrogen-bond acceptors (Lipinski definition) is 4. The van der Waals surface area contributed by atoms with Crippen LogP contribution in [0.5, 0.6) is 0 Å². The fourth-order valence-corrected chi connectivity index (χ4v) is 5.11. The molecule has 32 heavy (non-hydrogen) atoms. The summed E-state index contributed by atoms with van der Waals surface area (Å²) in [4.78, 5) is 25.3. The van der Waals surface area contributed by atoms with Crippen LogP contribution < -0.4 is 15.2 Å². The number of carbonyl (C=O) groups is 1. The van der Waals surface area contributed by atoms with E-state index in [-0.39, 0.29) is 21.2 Å². The Morgan fingerprint density at radius 2 is 1.81 bits per heavy atom. The Bertz CT molecular complexity index is 1310. The molecule has 0 aliphatic heterocycles. The van der Waals surface area contributed by atoms with Crippen LogP contribution in [0.15, 0.2) is 58.2 Å². The molecule has 3 aromatic rings. The second-order valence-electron chi connectivity index (χ2n) is 7.28. The number of halogens is 1. The van der Waals surface area contributed by atoms with Crippen LogP contribution in [0.1, 0.15) is 29.4 Å². The number of para-hydroxylation sites is 1. The van der Waals surface area contributed by atoms with Crippen molar-refractivity contribution in [3.63, 3.8) is 0 Å². The average molecular weight is 477 g/mol. The van der Waals surface area contributed by atoms with Gasteiger partial charge >= 0.3 is 0 Å². The third kappa shape index (κ3) is 4.18. The summed E-state index contributed by atoms with van der Waals surface area (Å²) in [7, 11) is -1.26. The van der Waals surface area contributed by atoms with Crippen molar-refractivity contribution in [1.82, 2.24) is 14.7 Å². The molecular formula is C22H25ClN4O4S. The van der Waals surface area contributed by atoms with Gasteiger partial charge in [-0.3, -0.25) is 18.6 Å². The molecule has 0 aliphatic carbocycles. The Morgan fingerprint density at radius 1 is 1.16 bits per heavy atom. The Morgan fingerprint density at radius 3 is 2.44 bits per heavy atom. The minimum absolute atomic E-state index is 0.00624. The highest BCUT2D eigenvalue weighted by atomic mass is 35.5. The Hall–Kier alpha value is -3.04. The second-order valence-corrected chi connectivity index (χ2v) is 9.63. The minimum atomic E-state index is -4.24. The number of sulfonamides is 1. The average Bonchev–Trinajstić information content (AvgIpc) is 3.00. The number of nitrogens with zero attached hydrogens (tertiary/aromatic N) is 3. The van der Waals surface area contributed by atoms with Crippen LogP contribution >= 0.6 is 11.6 Å². The number of amides is 1. The molecule has 1 aromatic heterocycles. The van der Waals surface area contributed by atoms with E-state index in [4.69, 9.17) is 11.6 Å². The molecule has 0 fully saturated rings. The van der Waals surface area contributed by atoms with Crippen molar-refractivity contribution < 1.29 is 13.2 Å². The fraction of sp³-hybridized carbons (Fsp3) is 0.273. The second kappa shape index (κ2) is 9.22. The van der Waals surface area contributed by atoms with Gasteiger partial charge in [0.1, 0.15) is 10.6 Å². The molecule has 2 aromatic carbocycles. The molecule has 10 heteroatoms. The van der Waals surface area contributed by atoms with Crippen molar-refractivity contribution in [2.24, 2.45) is 7.05 Å². The maximum absolute atomic E-state index is 13.5. The summed E-state index contributed by atoms with van der Waals surface area (Å²) in [6, 6.07) is 13.0. The third-order valence-electron chi connectivity index (χ3n) is 5.21. The number of carbonyl (C=O) groups excluding carboxylic acids is 1. The molecular weight excluding hydrogens is 452 g/mol. The van der Waals surface area contributed by atoms with Crippen molar-refractivity contribution in [1.29, 1.82) is 0 Å². The van der Waals surface area contributed by atoms with Crippen LogP contribution in [0.2, 0.25) is 5.02 Å². The molecule has 0 bridgehead atoms. The quantitative estimate of drug-likeness (QED) is 0.567. The van der Waals surface area contributed by atoms with Crippen molar-refractivity contribution in [3.8, 4) is 5.69 Å². The Kier molecular flexibility index (Phi) is 6.80. The van der Waals surface area contributed by atoms with Crippen LogP contribution in [-0.4, -0.2) is 37.3 Å². The summed E-state index contributed by atoms with van der Waals surface area (Å²) in [6.45, 7) is 4.04. The summed E-state index contributed by atoms with van der Waals surface area (Å²) in [5.74, 6) is -0.398. The van der Waals surface area contributed by atoms with Crippen molar-refractivity contribution in [3.05, 3.63) is 75.2 Å². The van der Waals surface area contributed by atoms with Crippen LogP contribution in [0, 0.1) is 6.92 Å². The minimum Gasteiger partial charge on any atom is -0.352 e. The predicted octanol–water partition coefficient (Wildman–Crippen LogP) is 3.10. The van der Waals surface area contributed by atoms with Gasteiger partial charge in [-0.05, 0) is 43.7 Å². The highest BCUT2D eigenvalue weighted by Gasteiger charge is 2.30. The monoisotopic (exact) mass is 476 g/mol. The molecule has 1 heterocycles. The highest BCUT2D eigenvalue weighted by molar-refractivity contribution is 7.93. The SMILES string of the molecule is CCCNC(=O)c1ccc(Cl)c(S(=O)(=O)N(C)c2c(C)n(C)n(-c3ccccc3)c2=O)c1. The van der Waals surface area contributed by atoms with Crippen molar-refractivity contribution in [2.75, 3.05) is 17.9 Å². The lowest BCUT2D eigenvalue weighted by atomic mass is 10.2. The number of nitrogens with one attached hydrogen (secondary N) is 1. The normalized spacial score (nSPS) is 11.4. The van der Waals surface area contributed by atoms with E-state index >= 15 is 0 Å². The molecule has 0 atom stereocenters. The molecule has 3 rings (SSSR count). The summed E-state index contributed by atoms with van der Waals surface area (Å²) >= 11 is 6.21. The van der Waals surface area contributed by atoms with E-state index in [1.54, 1.807) is 42.9 Å². The summed E-state index contributed by atoms with van der Waals surface area (Å²) in [5, 5.41) is 2.67. The van der Waals surface area contributed by atoms with Crippen LogP contribution in [-0.2, 0) is 17.1 Å². The number of anilines is 1. The van der Waals surface area contributed by atoms with E-state index in [1.807, 2.05) is 13.0 Å². The molecule has 1 amide bonds. The number of rotatable bonds is 7. The van der Waals surface area contributed by atoms with Crippen molar-refractivity contribution >= 4 is 33.2 Å². The van der Waals surface area contributed by atoms with E-state index in [2.05, 4.69) is 5.32 Å². The lowest BCUT2D eigenvalue weighted by Gasteiger charge is -2.19. The first-order valence-corrected chi connectivity index (χ1v) is 11.8. The van der Waals surface area contributed by atoms with Gasteiger partial charge < -0.3 is 5.32 Å². The van der Waals surface area contributed by atoms with Gasteiger partial charge in [-0.25, -0.2) is 13.1 Å². The highest BCUT2D eigenvalue weighted by Crippen LogP contribution is 2.29. The lowest BCUT2D eigenvalue weighted by Crippen LogP contribution is -2.32. The van der Waals surface area contributed by atoms with Crippen LogP contribution in [0.3, 0.4) is 0 Å². The van der Waals surface area contributed by atoms with E-state index in [0.717, 1.165) is 10.7 Å². The number of hydrogen-bond donors (Lipinski definition) is 1. The topological polar surface area (TPSA) is 93.4 Å². The molecule has 0 spiro atoms. The van der Waals surface area contributed by atoms with Gasteiger partial charge in [0, 0.05) is 26.2 Å². The molecule has 0 radical (unpaired) electrons. The van der Waals surface area contributed by atoms with Crippen LogP contribution in [0.25, 0.3) is 5.69 Å². The molecule has 8 nitrogen and oxygen atoms in total. The first-order chi connectivity index (χ1) is 15.1. The molecule has 0 saturated carbocycles. The number of aromatic nitrogens is 2. The van der Waals surface area contributed by atoms with Gasteiger partial charge in [0.05, 0.1) is 16.4 Å². The molecule has 0 aliphatic rings. The van der Waals surface area contributed by atoms with Gasteiger partial charge in [0.15, 0.2) is 0 Å². The zero-order valence-electron chi connectivity index (χ0n) is 18.3. The van der Waals surface area contributed by atoms with Crippen molar-refractivity contribution in [2.45, 2.75) is 25.2 Å². The van der Waals surface area contributed by atoms with Gasteiger partial charge in [0.2, 0.25) is 0 Å². The van der Waals surface area contributed by atoms with Gasteiger partial charge in [-0.2, -0.15) is 0 Å². The lowest BCUT2D eigenvalue weighted by molar-refractivity contribution is 0.0953. The van der Waals surface area contributed by atoms with E-state index in [9.17, 15) is 18.0 Å². The first-order valence-electron chi connectivity index (χ1n) is 10.0. The molecule has 0 unspecified atom stereocenters. The maximum Gasteiger partial charge on any atom is 0.296 e. The van der Waals surface area contributed by atoms with E-state index in [0.29, 0.717) is 17.9 Å². The predicted molar refractivity (Wildman–Crippen MR) is 125 cm³/mol. The Balaban J connectivity index is 2.10. The zero-order valence-corrected chi connectivity index (χ0v) is 19.9. The number of benzene rings is 2. The van der Waals surface area contributed by atoms with Gasteiger partial charge in [0.25, 0.3) is 21.5 Å². The standard InChI is InChI=1S/C22H25ClN4O4S/c1-5-13-24-21(28)16-11-12-18(23)19(14-16)32(30,31)26(4)20-15(2)25(3)27(22(20)29)17-9-7-6-8-10-17/h6-12,14H,5,13H2,1-4H3,(H,24,28). The van der Waals surface area contributed by atoms with Gasteiger partial charge in [-0.15, -0.1) is 0 Å². The summed E-state index contributed by atoms with van der Waals surface area (Å²) < 4.78 is 30.8. The largest absolute Gasteiger partial charge is 0.352 e. The Labute approximate surface area is 192 Å². The third-order valence-corrected chi connectivity index (χ3v) is 7.44. The smallest absolute Gasteiger partial charge is 0.296 e. The van der Waals surface area contributed by atoms with E-state index in [1.165, 1.54) is 29.9 Å². The fourth-order valence-electron chi connectivity index (χ4n) is 3.37. The maximum atomic E-state index is 13.5. The first kappa shape index (κ1) is 23.6. The summed E-state index contributed by atoms with van der Waals surface area (Å²) in [5.41, 5.74) is 0.732. The molecule has 170 valence electrons. The zero-order chi connectivity index (χ0) is 23.6. The van der Waals surface area contributed by atoms with E-state index < -0.39 is 21.5 Å². The summed E-state index contributed by atoms with van der Waals surface area (Å²) in [6.07, 6.45) is 0.744.